The number of amides is 1. The molecule has 0 fully saturated rings. The van der Waals surface area contributed by atoms with Crippen molar-refractivity contribution in [2.24, 2.45) is 0 Å². The smallest absolute Gasteiger partial charge is 0.243 e. The molecule has 1 aromatic heterocycles. The van der Waals surface area contributed by atoms with Crippen molar-refractivity contribution in [3.8, 4) is 22.7 Å². The summed E-state index contributed by atoms with van der Waals surface area (Å²) in [6.07, 6.45) is 1.71. The Kier molecular flexibility index (Phi) is 8.67. The Morgan fingerprint density at radius 3 is 2.26 bits per heavy atom. The monoisotopic (exact) mass is 604 g/mol. The summed E-state index contributed by atoms with van der Waals surface area (Å²) in [6, 6.07) is 27.7. The molecule has 0 aliphatic rings. The summed E-state index contributed by atoms with van der Waals surface area (Å²) in [5.74, 6) is -0.214. The molecule has 0 aliphatic heterocycles. The third kappa shape index (κ3) is 6.68. The highest BCUT2D eigenvalue weighted by Gasteiger charge is 2.28. The molecule has 0 radical (unpaired) electrons. The highest BCUT2D eigenvalue weighted by Crippen LogP contribution is 2.27. The summed E-state index contributed by atoms with van der Waals surface area (Å²) in [5, 5.41) is 3.14. The largest absolute Gasteiger partial charge is 0.497 e. The fraction of sp³-hybridized carbons (Fsp3) is 0.0968. The Morgan fingerprint density at radius 1 is 0.952 bits per heavy atom. The van der Waals surface area contributed by atoms with Gasteiger partial charge in [0.15, 0.2) is 0 Å². The maximum Gasteiger partial charge on any atom is 0.243 e. The third-order valence-corrected chi connectivity index (χ3v) is 8.48. The number of ether oxygens (including phenoxy) is 1. The van der Waals surface area contributed by atoms with E-state index in [1.807, 2.05) is 18.2 Å². The number of sulfonamides is 1. The van der Waals surface area contributed by atoms with Crippen LogP contribution < -0.4 is 10.1 Å². The highest BCUT2D eigenvalue weighted by atomic mass is 35.5. The number of imidazole rings is 1. The van der Waals surface area contributed by atoms with Crippen molar-refractivity contribution in [2.75, 3.05) is 19.0 Å². The van der Waals surface area contributed by atoms with Crippen LogP contribution >= 0.6 is 11.6 Å². The van der Waals surface area contributed by atoms with E-state index >= 15 is 0 Å². The minimum absolute atomic E-state index is 0.00485. The number of aromatic nitrogens is 2. The average molecular weight is 605 g/mol. The second kappa shape index (κ2) is 12.6. The number of methoxy groups -OCH3 is 1. The van der Waals surface area contributed by atoms with Crippen LogP contribution in [-0.2, 0) is 21.4 Å². The Hall–Kier alpha value is -4.51. The quantitative estimate of drug-likeness (QED) is 0.206. The molecule has 1 amide bonds. The molecular formula is C31H26ClFN4O4S. The van der Waals surface area contributed by atoms with Crippen LogP contribution in [0.1, 0.15) is 5.56 Å². The molecule has 8 nitrogen and oxygen atoms in total. The van der Waals surface area contributed by atoms with Gasteiger partial charge in [0.25, 0.3) is 0 Å². The van der Waals surface area contributed by atoms with Gasteiger partial charge in [-0.1, -0.05) is 41.9 Å². The van der Waals surface area contributed by atoms with Gasteiger partial charge in [-0.05, 0) is 78.4 Å². The lowest BCUT2D eigenvalue weighted by Crippen LogP contribution is -2.38. The predicted octanol–water partition coefficient (Wildman–Crippen LogP) is 6.17. The Morgan fingerprint density at radius 2 is 1.62 bits per heavy atom. The van der Waals surface area contributed by atoms with Gasteiger partial charge in [0.1, 0.15) is 11.6 Å². The molecule has 0 aliphatic carbocycles. The maximum atomic E-state index is 13.7. The highest BCUT2D eigenvalue weighted by molar-refractivity contribution is 7.89. The molecular weight excluding hydrogens is 579 g/mol. The Labute approximate surface area is 248 Å². The molecule has 0 saturated carbocycles. The second-order valence-corrected chi connectivity index (χ2v) is 11.7. The van der Waals surface area contributed by atoms with E-state index < -0.39 is 28.3 Å². The van der Waals surface area contributed by atoms with E-state index in [2.05, 4.69) is 10.3 Å². The van der Waals surface area contributed by atoms with Gasteiger partial charge in [-0.2, -0.15) is 4.31 Å². The van der Waals surface area contributed by atoms with Gasteiger partial charge in [0, 0.05) is 29.0 Å². The van der Waals surface area contributed by atoms with Crippen LogP contribution in [-0.4, -0.2) is 41.8 Å². The van der Waals surface area contributed by atoms with Gasteiger partial charge >= 0.3 is 0 Å². The first-order valence-electron chi connectivity index (χ1n) is 12.8. The lowest BCUT2D eigenvalue weighted by molar-refractivity contribution is -0.116. The number of nitrogens with one attached hydrogen (secondary N) is 1. The molecule has 4 aromatic carbocycles. The number of hydrogen-bond donors (Lipinski definition) is 1. The molecule has 0 bridgehead atoms. The zero-order chi connectivity index (χ0) is 29.7. The number of anilines is 1. The maximum absolute atomic E-state index is 13.7. The van der Waals surface area contributed by atoms with E-state index in [1.165, 1.54) is 36.4 Å². The van der Waals surface area contributed by atoms with Crippen molar-refractivity contribution in [1.82, 2.24) is 13.9 Å². The van der Waals surface area contributed by atoms with Crippen molar-refractivity contribution >= 4 is 33.5 Å². The molecule has 5 rings (SSSR count). The van der Waals surface area contributed by atoms with Gasteiger partial charge in [-0.3, -0.25) is 14.7 Å². The van der Waals surface area contributed by atoms with E-state index in [0.717, 1.165) is 9.87 Å². The van der Waals surface area contributed by atoms with Crippen LogP contribution in [0.3, 0.4) is 0 Å². The molecule has 214 valence electrons. The molecule has 11 heteroatoms. The molecule has 42 heavy (non-hydrogen) atoms. The molecule has 0 atom stereocenters. The molecule has 5 aromatic rings. The van der Waals surface area contributed by atoms with Crippen molar-refractivity contribution in [2.45, 2.75) is 11.4 Å². The van der Waals surface area contributed by atoms with Crippen molar-refractivity contribution < 1.29 is 22.3 Å². The fourth-order valence-corrected chi connectivity index (χ4v) is 5.77. The number of rotatable bonds is 10. The first-order valence-corrected chi connectivity index (χ1v) is 14.6. The minimum atomic E-state index is -4.08. The molecule has 1 N–H and O–H groups in total. The second-order valence-electron chi connectivity index (χ2n) is 9.29. The molecule has 0 unspecified atom stereocenters. The van der Waals surface area contributed by atoms with Crippen LogP contribution in [0.15, 0.2) is 114 Å². The first-order chi connectivity index (χ1) is 20.2. The Balaban J connectivity index is 1.47. The lowest BCUT2D eigenvalue weighted by Gasteiger charge is -2.22. The Bertz CT molecular complexity index is 1780. The van der Waals surface area contributed by atoms with Gasteiger partial charge < -0.3 is 4.74 Å². The van der Waals surface area contributed by atoms with Crippen molar-refractivity contribution in [3.63, 3.8) is 0 Å². The van der Waals surface area contributed by atoms with Crippen molar-refractivity contribution in [1.29, 1.82) is 0 Å². The number of halogens is 2. The third-order valence-electron chi connectivity index (χ3n) is 6.42. The standard InChI is InChI=1S/C31H26ClFN4O4S/c1-41-27-15-7-23(8-16-27)29-20-37(26-13-11-25(33)12-14-26)31(34-29)35-30(38)21-36(19-22-5-3-2-4-6-22)42(39,40)28-17-9-24(32)10-18-28/h2-18,20H,19,21H2,1H3,(H,34,35,38). The fourth-order valence-electron chi connectivity index (χ4n) is 4.26. The number of hydrogen-bond acceptors (Lipinski definition) is 5. The average Bonchev–Trinajstić information content (AvgIpc) is 3.41. The van der Waals surface area contributed by atoms with E-state index in [4.69, 9.17) is 16.3 Å². The zero-order valence-corrected chi connectivity index (χ0v) is 24.0. The van der Waals surface area contributed by atoms with Crippen LogP contribution in [0, 0.1) is 5.82 Å². The van der Waals surface area contributed by atoms with Gasteiger partial charge in [-0.15, -0.1) is 0 Å². The normalized spacial score (nSPS) is 11.4. The van der Waals surface area contributed by atoms with Crippen molar-refractivity contribution in [3.05, 3.63) is 126 Å². The minimum Gasteiger partial charge on any atom is -0.497 e. The van der Waals surface area contributed by atoms with Crippen LogP contribution in [0.5, 0.6) is 5.75 Å². The van der Waals surface area contributed by atoms with E-state index in [0.29, 0.717) is 27.7 Å². The number of carbonyl (C=O) groups excluding carboxylic acids is 1. The summed E-state index contributed by atoms with van der Waals surface area (Å²) < 4.78 is 48.9. The van der Waals surface area contributed by atoms with Crippen LogP contribution in [0.25, 0.3) is 16.9 Å². The van der Waals surface area contributed by atoms with Crippen LogP contribution in [0.2, 0.25) is 5.02 Å². The number of nitrogens with zero attached hydrogens (tertiary/aromatic N) is 3. The van der Waals surface area contributed by atoms with E-state index in [9.17, 15) is 17.6 Å². The van der Waals surface area contributed by atoms with E-state index in [-0.39, 0.29) is 17.4 Å². The predicted molar refractivity (Wildman–Crippen MR) is 160 cm³/mol. The topological polar surface area (TPSA) is 93.5 Å². The molecule has 0 saturated heterocycles. The van der Waals surface area contributed by atoms with Gasteiger partial charge in [0.05, 0.1) is 24.2 Å². The summed E-state index contributed by atoms with van der Waals surface area (Å²) >= 11 is 5.97. The van der Waals surface area contributed by atoms with E-state index in [1.54, 1.807) is 66.4 Å². The summed E-state index contributed by atoms with van der Waals surface area (Å²) in [6.45, 7) is -0.531. The first kappa shape index (κ1) is 29.0. The molecule has 1 heterocycles. The SMILES string of the molecule is COc1ccc(-c2cn(-c3ccc(F)cc3)c(NC(=O)CN(Cc3ccccc3)S(=O)(=O)c3ccc(Cl)cc3)n2)cc1. The molecule has 0 spiro atoms. The lowest BCUT2D eigenvalue weighted by atomic mass is 10.1. The van der Waals surface area contributed by atoms with Gasteiger partial charge in [0.2, 0.25) is 21.9 Å². The summed E-state index contributed by atoms with van der Waals surface area (Å²) in [7, 11) is -2.51. The summed E-state index contributed by atoms with van der Waals surface area (Å²) in [5.41, 5.74) is 2.54. The summed E-state index contributed by atoms with van der Waals surface area (Å²) in [4.78, 5) is 18.1. The van der Waals surface area contributed by atoms with Crippen LogP contribution in [0.4, 0.5) is 10.3 Å². The zero-order valence-electron chi connectivity index (χ0n) is 22.4. The van der Waals surface area contributed by atoms with Gasteiger partial charge in [-0.25, -0.2) is 17.8 Å². The number of benzene rings is 4. The number of carbonyl (C=O) groups is 1.